The van der Waals surface area contributed by atoms with Crippen LogP contribution in [0.1, 0.15) is 0 Å². The van der Waals surface area contributed by atoms with Crippen molar-refractivity contribution in [2.45, 2.75) is 0 Å². The standard InChI is InChI=1S/C63H39N5S/c1-4-12-43(13-5-1)55-33-30-44-26-27-45-31-34-56(65-60(45)59(44)64-55)52-37-50(36-51(38-52)49-32-35-58-54(39-49)53-18-10-11-19-57(53)69-58)42-22-20-40(21-23-42)41-24-28-48(29-25-41)63-67-61(46-14-6-2-7-15-46)66-62(68-63)47-16-8-3-9-17-47/h1-39H. The molecule has 0 spiro atoms. The van der Waals surface area contributed by atoms with Crippen LogP contribution in [0.25, 0.3) is 132 Å². The number of hydrogen-bond acceptors (Lipinski definition) is 6. The summed E-state index contributed by atoms with van der Waals surface area (Å²) in [5.74, 6) is 1.92. The second kappa shape index (κ2) is 17.0. The Bertz CT molecular complexity index is 3980. The number of pyridine rings is 2. The van der Waals surface area contributed by atoms with Gasteiger partial charge in [0.05, 0.1) is 22.4 Å². The molecule has 0 unspecified atom stereocenters. The fourth-order valence-corrected chi connectivity index (χ4v) is 10.4. The quantitative estimate of drug-likeness (QED) is 0.142. The van der Waals surface area contributed by atoms with E-state index in [0.717, 1.165) is 94.4 Å². The molecule has 322 valence electrons. The number of nitrogens with zero attached hydrogens (tertiary/aromatic N) is 5. The Hall–Kier alpha value is -8.97. The van der Waals surface area contributed by atoms with Gasteiger partial charge >= 0.3 is 0 Å². The van der Waals surface area contributed by atoms with Gasteiger partial charge in [-0.25, -0.2) is 24.9 Å². The van der Waals surface area contributed by atoms with Crippen molar-refractivity contribution in [1.29, 1.82) is 0 Å². The molecule has 0 bridgehead atoms. The summed E-state index contributed by atoms with van der Waals surface area (Å²) in [6, 6.07) is 83.1. The lowest BCUT2D eigenvalue weighted by atomic mass is 9.93. The van der Waals surface area contributed by atoms with Crippen LogP contribution >= 0.6 is 11.3 Å². The molecule has 9 aromatic carbocycles. The summed E-state index contributed by atoms with van der Waals surface area (Å²) in [7, 11) is 0. The third kappa shape index (κ3) is 7.69. The lowest BCUT2D eigenvalue weighted by Gasteiger charge is -2.13. The Labute approximate surface area is 402 Å². The van der Waals surface area contributed by atoms with Crippen molar-refractivity contribution < 1.29 is 0 Å². The van der Waals surface area contributed by atoms with Crippen LogP contribution in [0.15, 0.2) is 237 Å². The van der Waals surface area contributed by atoms with Crippen molar-refractivity contribution in [3.05, 3.63) is 237 Å². The van der Waals surface area contributed by atoms with Gasteiger partial charge in [0.25, 0.3) is 0 Å². The van der Waals surface area contributed by atoms with Crippen molar-refractivity contribution in [2.24, 2.45) is 0 Å². The van der Waals surface area contributed by atoms with Crippen molar-refractivity contribution in [2.75, 3.05) is 0 Å². The normalized spacial score (nSPS) is 11.5. The molecule has 0 fully saturated rings. The molecular formula is C63H39N5S. The van der Waals surface area contributed by atoms with E-state index in [1.54, 1.807) is 0 Å². The zero-order chi connectivity index (χ0) is 45.7. The molecule has 0 atom stereocenters. The lowest BCUT2D eigenvalue weighted by molar-refractivity contribution is 1.07. The van der Waals surface area contributed by atoms with Crippen LogP contribution in [0.2, 0.25) is 0 Å². The Kier molecular flexibility index (Phi) is 9.95. The minimum Gasteiger partial charge on any atom is -0.245 e. The van der Waals surface area contributed by atoms with Crippen LogP contribution in [-0.2, 0) is 0 Å². The van der Waals surface area contributed by atoms with Crippen LogP contribution in [0, 0.1) is 0 Å². The van der Waals surface area contributed by atoms with E-state index in [2.05, 4.69) is 170 Å². The molecule has 69 heavy (non-hydrogen) atoms. The molecule has 4 heterocycles. The molecule has 0 amide bonds. The maximum absolute atomic E-state index is 5.41. The molecule has 0 aliphatic rings. The van der Waals surface area contributed by atoms with E-state index in [0.29, 0.717) is 17.5 Å². The van der Waals surface area contributed by atoms with Crippen LogP contribution < -0.4 is 0 Å². The predicted molar refractivity (Wildman–Crippen MR) is 287 cm³/mol. The monoisotopic (exact) mass is 897 g/mol. The van der Waals surface area contributed by atoms with Gasteiger partial charge in [-0.2, -0.15) is 0 Å². The average Bonchev–Trinajstić information content (AvgIpc) is 3.81. The van der Waals surface area contributed by atoms with Gasteiger partial charge in [0.1, 0.15) is 0 Å². The van der Waals surface area contributed by atoms with E-state index in [9.17, 15) is 0 Å². The highest BCUT2D eigenvalue weighted by atomic mass is 32.1. The highest BCUT2D eigenvalue weighted by molar-refractivity contribution is 7.25. The van der Waals surface area contributed by atoms with Crippen molar-refractivity contribution in [1.82, 2.24) is 24.9 Å². The summed E-state index contributed by atoms with van der Waals surface area (Å²) in [5.41, 5.74) is 15.3. The lowest BCUT2D eigenvalue weighted by Crippen LogP contribution is -2.00. The van der Waals surface area contributed by atoms with Gasteiger partial charge in [0.2, 0.25) is 0 Å². The third-order valence-corrected chi connectivity index (χ3v) is 14.1. The minimum atomic E-state index is 0.633. The molecule has 0 radical (unpaired) electrons. The Morgan fingerprint density at radius 2 is 0.623 bits per heavy atom. The van der Waals surface area contributed by atoms with Crippen LogP contribution in [0.5, 0.6) is 0 Å². The summed E-state index contributed by atoms with van der Waals surface area (Å²) >= 11 is 1.84. The molecule has 0 saturated heterocycles. The summed E-state index contributed by atoms with van der Waals surface area (Å²) < 4.78 is 2.58. The van der Waals surface area contributed by atoms with Crippen molar-refractivity contribution >= 4 is 53.3 Å². The molecule has 5 nitrogen and oxygen atoms in total. The maximum atomic E-state index is 5.41. The Morgan fingerprint density at radius 1 is 0.232 bits per heavy atom. The fourth-order valence-electron chi connectivity index (χ4n) is 9.32. The molecule has 6 heteroatoms. The largest absolute Gasteiger partial charge is 0.245 e. The number of benzene rings is 9. The molecule has 0 N–H and O–H groups in total. The molecule has 13 rings (SSSR count). The number of rotatable bonds is 8. The van der Waals surface area contributed by atoms with E-state index in [1.807, 2.05) is 78.1 Å². The summed E-state index contributed by atoms with van der Waals surface area (Å²) in [6.45, 7) is 0. The second-order valence-corrected chi connectivity index (χ2v) is 18.4. The first-order valence-electron chi connectivity index (χ1n) is 23.0. The van der Waals surface area contributed by atoms with E-state index in [-0.39, 0.29) is 0 Å². The molecular weight excluding hydrogens is 859 g/mol. The molecule has 0 saturated carbocycles. The first-order chi connectivity index (χ1) is 34.1. The van der Waals surface area contributed by atoms with Gasteiger partial charge in [-0.3, -0.25) is 0 Å². The topological polar surface area (TPSA) is 64.5 Å². The summed E-state index contributed by atoms with van der Waals surface area (Å²) in [6.07, 6.45) is 0. The van der Waals surface area contributed by atoms with Gasteiger partial charge < -0.3 is 0 Å². The zero-order valence-electron chi connectivity index (χ0n) is 37.2. The molecule has 4 aromatic heterocycles. The van der Waals surface area contributed by atoms with Crippen LogP contribution in [0.3, 0.4) is 0 Å². The molecule has 13 aromatic rings. The van der Waals surface area contributed by atoms with Gasteiger partial charge in [-0.1, -0.05) is 188 Å². The predicted octanol–water partition coefficient (Wildman–Crippen LogP) is 16.7. The zero-order valence-corrected chi connectivity index (χ0v) is 38.0. The van der Waals surface area contributed by atoms with Gasteiger partial charge in [-0.15, -0.1) is 11.3 Å². The number of thiophene rings is 1. The van der Waals surface area contributed by atoms with E-state index < -0.39 is 0 Å². The molecule has 0 aliphatic carbocycles. The van der Waals surface area contributed by atoms with E-state index in [4.69, 9.17) is 24.9 Å². The Morgan fingerprint density at radius 3 is 1.19 bits per heavy atom. The van der Waals surface area contributed by atoms with E-state index >= 15 is 0 Å². The van der Waals surface area contributed by atoms with Gasteiger partial charge in [0, 0.05) is 58.8 Å². The summed E-state index contributed by atoms with van der Waals surface area (Å²) in [5, 5.41) is 4.68. The number of hydrogen-bond donors (Lipinski definition) is 0. The van der Waals surface area contributed by atoms with Crippen LogP contribution in [0.4, 0.5) is 0 Å². The maximum Gasteiger partial charge on any atom is 0.164 e. The van der Waals surface area contributed by atoms with Crippen LogP contribution in [-0.4, -0.2) is 24.9 Å². The third-order valence-electron chi connectivity index (χ3n) is 12.9. The fraction of sp³-hybridized carbons (Fsp3) is 0. The first-order valence-corrected chi connectivity index (χ1v) is 23.9. The van der Waals surface area contributed by atoms with Gasteiger partial charge in [0.15, 0.2) is 17.5 Å². The SMILES string of the molecule is c1ccc(-c2ccc3ccc4ccc(-c5cc(-c6ccc(-c7ccc(-c8nc(-c9ccccc9)nc(-c9ccccc9)n8)cc7)cc6)cc(-c6ccc7sc8ccccc8c7c6)c5)nc4c3n2)cc1. The van der Waals surface area contributed by atoms with Crippen molar-refractivity contribution in [3.63, 3.8) is 0 Å². The number of aromatic nitrogens is 5. The van der Waals surface area contributed by atoms with Crippen molar-refractivity contribution in [3.8, 4) is 90.1 Å². The van der Waals surface area contributed by atoms with Gasteiger partial charge in [-0.05, 0) is 81.9 Å². The van der Waals surface area contributed by atoms with E-state index in [1.165, 1.54) is 20.2 Å². The number of fused-ring (bicyclic) bond motifs is 6. The average molecular weight is 898 g/mol. The first kappa shape index (κ1) is 40.3. The smallest absolute Gasteiger partial charge is 0.164 e. The minimum absolute atomic E-state index is 0.633. The summed E-state index contributed by atoms with van der Waals surface area (Å²) in [4.78, 5) is 25.4. The Balaban J connectivity index is 0.883. The highest BCUT2D eigenvalue weighted by Crippen LogP contribution is 2.40. The molecule has 0 aliphatic heterocycles. The highest BCUT2D eigenvalue weighted by Gasteiger charge is 2.16. The second-order valence-electron chi connectivity index (χ2n) is 17.3.